The highest BCUT2D eigenvalue weighted by atomic mass is 32.1. The van der Waals surface area contributed by atoms with E-state index in [1.54, 1.807) is 0 Å². The van der Waals surface area contributed by atoms with Crippen molar-refractivity contribution in [2.75, 3.05) is 0 Å². The maximum Gasteiger partial charge on any atom is 0.0968 e. The monoisotopic (exact) mass is 280 g/mol. The molecule has 0 saturated heterocycles. The Labute approximate surface area is 122 Å². The van der Waals surface area contributed by atoms with Gasteiger partial charge in [-0.3, -0.25) is 0 Å². The Hall–Kier alpha value is -0.410. The van der Waals surface area contributed by atoms with Crippen LogP contribution in [0.25, 0.3) is 0 Å². The van der Waals surface area contributed by atoms with Crippen molar-refractivity contribution in [2.24, 2.45) is 5.41 Å². The predicted molar refractivity (Wildman–Crippen MR) is 83.9 cm³/mol. The van der Waals surface area contributed by atoms with Crippen LogP contribution in [0.4, 0.5) is 0 Å². The summed E-state index contributed by atoms with van der Waals surface area (Å²) < 4.78 is 0. The van der Waals surface area contributed by atoms with Crippen LogP contribution in [0.2, 0.25) is 0 Å². The van der Waals surface area contributed by atoms with Crippen LogP contribution in [0.15, 0.2) is 0 Å². The fourth-order valence-corrected chi connectivity index (χ4v) is 3.95. The molecular formula is C16H28N2S. The van der Waals surface area contributed by atoms with Crippen LogP contribution in [-0.4, -0.2) is 11.0 Å². The molecule has 1 heterocycles. The van der Waals surface area contributed by atoms with Gasteiger partial charge in [0.15, 0.2) is 0 Å². The third-order valence-corrected chi connectivity index (χ3v) is 5.08. The van der Waals surface area contributed by atoms with Gasteiger partial charge in [0.05, 0.1) is 10.7 Å². The van der Waals surface area contributed by atoms with Crippen molar-refractivity contribution in [3.05, 3.63) is 15.6 Å². The van der Waals surface area contributed by atoms with Crippen molar-refractivity contribution >= 4 is 11.3 Å². The summed E-state index contributed by atoms with van der Waals surface area (Å²) in [6.07, 6.45) is 1.29. The Morgan fingerprint density at radius 3 is 2.37 bits per heavy atom. The second-order valence-corrected chi connectivity index (χ2v) is 8.97. The van der Waals surface area contributed by atoms with Gasteiger partial charge in [0.25, 0.3) is 0 Å². The van der Waals surface area contributed by atoms with E-state index in [4.69, 9.17) is 4.98 Å². The molecular weight excluding hydrogens is 252 g/mol. The summed E-state index contributed by atoms with van der Waals surface area (Å²) in [6.45, 7) is 16.8. The lowest BCUT2D eigenvalue weighted by atomic mass is 9.91. The normalized spacial score (nSPS) is 22.0. The molecule has 1 atom stereocenters. The Morgan fingerprint density at radius 1 is 1.37 bits per heavy atom. The molecule has 2 rings (SSSR count). The van der Waals surface area contributed by atoms with E-state index in [1.165, 1.54) is 22.0 Å². The predicted octanol–water partition coefficient (Wildman–Crippen LogP) is 4.45. The van der Waals surface area contributed by atoms with E-state index in [2.05, 4.69) is 53.8 Å². The van der Waals surface area contributed by atoms with Crippen LogP contribution in [0.1, 0.15) is 76.4 Å². The first-order valence-corrected chi connectivity index (χ1v) is 8.16. The summed E-state index contributed by atoms with van der Waals surface area (Å²) in [5.41, 5.74) is 1.90. The topological polar surface area (TPSA) is 24.9 Å². The molecule has 3 heteroatoms. The highest BCUT2D eigenvalue weighted by Crippen LogP contribution is 2.59. The molecule has 1 aliphatic carbocycles. The molecule has 1 aliphatic rings. The molecule has 1 unspecified atom stereocenters. The van der Waals surface area contributed by atoms with Gasteiger partial charge in [-0.25, -0.2) is 4.98 Å². The Bertz CT molecular complexity index is 452. The maximum absolute atomic E-state index is 5.00. The van der Waals surface area contributed by atoms with Crippen molar-refractivity contribution in [3.63, 3.8) is 0 Å². The molecule has 0 amide bonds. The third kappa shape index (κ3) is 3.38. The van der Waals surface area contributed by atoms with Gasteiger partial charge in [-0.2, -0.15) is 0 Å². The van der Waals surface area contributed by atoms with Gasteiger partial charge in [-0.05, 0) is 11.8 Å². The minimum atomic E-state index is 0.141. The lowest BCUT2D eigenvalue weighted by molar-refractivity contribution is 0.543. The smallest absolute Gasteiger partial charge is 0.0968 e. The van der Waals surface area contributed by atoms with Crippen LogP contribution in [-0.2, 0) is 12.0 Å². The standard InChI is InChI=1S/C16H28N2S/c1-10(2)17-9-12-13(15(3,4)5)18-14(19-12)11-8-16(11,6)7/h10-11,17H,8-9H2,1-7H3. The number of thiazole rings is 1. The Balaban J connectivity index is 2.25. The minimum absolute atomic E-state index is 0.141. The zero-order valence-electron chi connectivity index (χ0n) is 13.4. The second kappa shape index (κ2) is 4.85. The van der Waals surface area contributed by atoms with Crippen molar-refractivity contribution in [2.45, 2.75) is 78.8 Å². The quantitative estimate of drug-likeness (QED) is 0.881. The molecule has 0 radical (unpaired) electrons. The minimum Gasteiger partial charge on any atom is -0.310 e. The molecule has 0 aliphatic heterocycles. The van der Waals surface area contributed by atoms with Crippen LogP contribution in [0, 0.1) is 5.41 Å². The molecule has 1 saturated carbocycles. The van der Waals surface area contributed by atoms with Crippen molar-refractivity contribution in [3.8, 4) is 0 Å². The molecule has 0 bridgehead atoms. The van der Waals surface area contributed by atoms with Crippen molar-refractivity contribution in [1.82, 2.24) is 10.3 Å². The largest absolute Gasteiger partial charge is 0.310 e. The van der Waals surface area contributed by atoms with E-state index in [-0.39, 0.29) is 5.41 Å². The molecule has 2 nitrogen and oxygen atoms in total. The summed E-state index contributed by atoms with van der Waals surface area (Å²) in [5.74, 6) is 0.686. The fourth-order valence-electron chi connectivity index (χ4n) is 2.41. The number of nitrogens with zero attached hydrogens (tertiary/aromatic N) is 1. The molecule has 0 spiro atoms. The average Bonchev–Trinajstić information content (AvgIpc) is 2.73. The van der Waals surface area contributed by atoms with Crippen LogP contribution >= 0.6 is 11.3 Å². The van der Waals surface area contributed by atoms with Crippen LogP contribution < -0.4 is 5.32 Å². The number of hydrogen-bond donors (Lipinski definition) is 1. The van der Waals surface area contributed by atoms with E-state index in [9.17, 15) is 0 Å². The summed E-state index contributed by atoms with van der Waals surface area (Å²) in [4.78, 5) is 6.43. The number of rotatable bonds is 4. The van der Waals surface area contributed by atoms with Gasteiger partial charge in [0.2, 0.25) is 0 Å². The highest BCUT2D eigenvalue weighted by molar-refractivity contribution is 7.11. The number of aromatic nitrogens is 1. The third-order valence-electron chi connectivity index (χ3n) is 3.91. The van der Waals surface area contributed by atoms with E-state index >= 15 is 0 Å². The van der Waals surface area contributed by atoms with Gasteiger partial charge in [-0.1, -0.05) is 48.5 Å². The van der Waals surface area contributed by atoms with E-state index in [1.807, 2.05) is 11.3 Å². The van der Waals surface area contributed by atoms with E-state index in [0.29, 0.717) is 17.4 Å². The van der Waals surface area contributed by atoms with Crippen LogP contribution in [0.3, 0.4) is 0 Å². The number of nitrogens with one attached hydrogen (secondary N) is 1. The molecule has 1 aromatic rings. The molecule has 1 fully saturated rings. The zero-order valence-corrected chi connectivity index (χ0v) is 14.2. The molecule has 1 N–H and O–H groups in total. The highest BCUT2D eigenvalue weighted by Gasteiger charge is 2.48. The van der Waals surface area contributed by atoms with Gasteiger partial charge >= 0.3 is 0 Å². The van der Waals surface area contributed by atoms with Gasteiger partial charge in [0.1, 0.15) is 0 Å². The first kappa shape index (κ1) is 15.0. The maximum atomic E-state index is 5.00. The fraction of sp³-hybridized carbons (Fsp3) is 0.812. The first-order valence-electron chi connectivity index (χ1n) is 7.35. The second-order valence-electron chi connectivity index (χ2n) is 7.85. The lowest BCUT2D eigenvalue weighted by Gasteiger charge is -2.18. The molecule has 0 aromatic carbocycles. The summed E-state index contributed by atoms with van der Waals surface area (Å²) in [7, 11) is 0. The molecule has 108 valence electrons. The molecule has 19 heavy (non-hydrogen) atoms. The first-order chi connectivity index (χ1) is 8.61. The van der Waals surface area contributed by atoms with Crippen molar-refractivity contribution in [1.29, 1.82) is 0 Å². The van der Waals surface area contributed by atoms with Gasteiger partial charge in [-0.15, -0.1) is 11.3 Å². The van der Waals surface area contributed by atoms with Gasteiger partial charge < -0.3 is 5.32 Å². The average molecular weight is 280 g/mol. The van der Waals surface area contributed by atoms with Gasteiger partial charge in [0, 0.05) is 28.8 Å². The summed E-state index contributed by atoms with van der Waals surface area (Å²) in [5, 5.41) is 4.89. The lowest BCUT2D eigenvalue weighted by Crippen LogP contribution is -2.23. The Morgan fingerprint density at radius 2 is 1.95 bits per heavy atom. The van der Waals surface area contributed by atoms with Crippen molar-refractivity contribution < 1.29 is 0 Å². The van der Waals surface area contributed by atoms with E-state index < -0.39 is 0 Å². The zero-order chi connectivity index (χ0) is 14.4. The summed E-state index contributed by atoms with van der Waals surface area (Å²) >= 11 is 1.93. The SMILES string of the molecule is CC(C)NCc1sc(C2CC2(C)C)nc1C(C)(C)C. The van der Waals surface area contributed by atoms with Crippen LogP contribution in [0.5, 0.6) is 0 Å². The summed E-state index contributed by atoms with van der Waals surface area (Å²) in [6, 6.07) is 0.524. The molecule has 1 aromatic heterocycles. The Kier molecular flexibility index (Phi) is 3.83. The van der Waals surface area contributed by atoms with E-state index in [0.717, 1.165) is 6.54 Å². The number of hydrogen-bond acceptors (Lipinski definition) is 3.